The second-order valence-electron chi connectivity index (χ2n) is 23.9. The van der Waals surface area contributed by atoms with Crippen LogP contribution >= 0.6 is 0 Å². The molecule has 0 saturated carbocycles. The zero-order chi connectivity index (χ0) is 59.0. The number of hydrogen-bond donors (Lipinski definition) is 7. The number of amides is 7. The average Bonchev–Trinajstić information content (AvgIpc) is 3.99. The Morgan fingerprint density at radius 1 is 0.590 bits per heavy atom. The number of nitrogens with zero attached hydrogens (tertiary/aromatic N) is 2. The van der Waals surface area contributed by atoms with Crippen LogP contribution in [0.15, 0.2) is 121 Å². The molecule has 2 heterocycles. The van der Waals surface area contributed by atoms with Gasteiger partial charge in [-0.3, -0.25) is 33.6 Å². The molecule has 17 heteroatoms. The first kappa shape index (κ1) is 59.7. The first-order chi connectivity index (χ1) is 39.9. The largest absolute Gasteiger partial charge is 0.489 e. The van der Waals surface area contributed by atoms with Gasteiger partial charge in [-0.2, -0.15) is 0 Å². The van der Waals surface area contributed by atoms with Gasteiger partial charge >= 0.3 is 0 Å². The lowest BCUT2D eigenvalue weighted by Gasteiger charge is -2.39. The smallest absolute Gasteiger partial charge is 0.251 e. The molecule has 7 amide bonds. The molecular weight excluding hydrogens is 1050 g/mol. The van der Waals surface area contributed by atoms with E-state index in [9.17, 15) is 33.6 Å². The van der Waals surface area contributed by atoms with Crippen LogP contribution in [0.1, 0.15) is 134 Å². The van der Waals surface area contributed by atoms with Gasteiger partial charge in [-0.05, 0) is 147 Å². The molecule has 0 bridgehead atoms. The van der Waals surface area contributed by atoms with Crippen molar-refractivity contribution in [1.82, 2.24) is 47.0 Å². The Morgan fingerprint density at radius 2 is 1.12 bits per heavy atom. The summed E-state index contributed by atoms with van der Waals surface area (Å²) in [5.74, 6) is -1.75. The number of carbonyl (C=O) groups excluding carboxylic acids is 7. The molecule has 5 aromatic carbocycles. The molecule has 1 unspecified atom stereocenters. The molecule has 0 spiro atoms. The molecule has 0 radical (unpaired) electrons. The molecule has 1 fully saturated rings. The normalized spacial score (nSPS) is 20.6. The van der Waals surface area contributed by atoms with Gasteiger partial charge in [0.15, 0.2) is 0 Å². The molecule has 2 aliphatic heterocycles. The fourth-order valence-electron chi connectivity index (χ4n) is 12.0. The summed E-state index contributed by atoms with van der Waals surface area (Å²) in [6.07, 6.45) is 6.01. The summed E-state index contributed by atoms with van der Waals surface area (Å²) in [4.78, 5) is 102. The summed E-state index contributed by atoms with van der Waals surface area (Å²) in [6.45, 7) is 9.54. The van der Waals surface area contributed by atoms with Crippen molar-refractivity contribution in [2.75, 3.05) is 20.6 Å². The second-order valence-corrected chi connectivity index (χ2v) is 23.9. The molecule has 0 aromatic heterocycles. The van der Waals surface area contributed by atoms with Gasteiger partial charge in [0.05, 0.1) is 24.2 Å². The maximum absolute atomic E-state index is 14.9. The van der Waals surface area contributed by atoms with E-state index in [4.69, 9.17) is 4.74 Å². The van der Waals surface area contributed by atoms with Crippen LogP contribution in [0.2, 0.25) is 0 Å². The number of nitrogens with one attached hydrogen (secondary N) is 7. The number of fused-ring (bicyclic) bond motifs is 3. The van der Waals surface area contributed by atoms with Gasteiger partial charge in [-0.25, -0.2) is 0 Å². The van der Waals surface area contributed by atoms with Crippen molar-refractivity contribution in [3.8, 4) is 5.75 Å². The Morgan fingerprint density at radius 3 is 1.70 bits per heavy atom. The average molecular weight is 1130 g/mol. The zero-order valence-electron chi connectivity index (χ0n) is 48.9. The van der Waals surface area contributed by atoms with Gasteiger partial charge < -0.3 is 51.8 Å². The van der Waals surface area contributed by atoms with E-state index >= 15 is 0 Å². The first-order valence-electron chi connectivity index (χ1n) is 29.4. The molecule has 4 aliphatic rings. The van der Waals surface area contributed by atoms with Crippen LogP contribution in [0.25, 0.3) is 0 Å². The Hall–Kier alpha value is -7.89. The second kappa shape index (κ2) is 26.6. The van der Waals surface area contributed by atoms with Crippen LogP contribution in [0.5, 0.6) is 5.75 Å². The monoisotopic (exact) mass is 1130 g/mol. The quantitative estimate of drug-likeness (QED) is 0.0506. The highest BCUT2D eigenvalue weighted by Crippen LogP contribution is 2.34. The SMILES string of the molecule is CN[C@@H](C)C(=O)N[C@@H](Cc1ccc(OCc2ccc(C(=O)N[C@H]3C[C@@H](C(=O)N[C@@H]4CCCc5ccccc54)N(C(=O)[C@@H](NC(=O)[C@H](C)NC)C(C)(C)C)C3)cc2)cc1)C(=O)N1Cc2ccccc2C[C@H]1C(=O)NC1CCCc2ccccc21. The summed E-state index contributed by atoms with van der Waals surface area (Å²) >= 11 is 0. The van der Waals surface area contributed by atoms with Gasteiger partial charge in [0.1, 0.15) is 36.5 Å². The number of rotatable bonds is 19. The van der Waals surface area contributed by atoms with Crippen molar-refractivity contribution in [2.45, 2.75) is 160 Å². The van der Waals surface area contributed by atoms with E-state index in [0.29, 0.717) is 17.7 Å². The lowest BCUT2D eigenvalue weighted by molar-refractivity contribution is -0.145. The third-order valence-electron chi connectivity index (χ3n) is 17.1. The highest BCUT2D eigenvalue weighted by atomic mass is 16.5. The number of likely N-dealkylation sites (tertiary alicyclic amines) is 1. The maximum atomic E-state index is 14.9. The van der Waals surface area contributed by atoms with Crippen molar-refractivity contribution < 1.29 is 38.3 Å². The Kier molecular flexibility index (Phi) is 19.1. The van der Waals surface area contributed by atoms with Crippen LogP contribution < -0.4 is 42.0 Å². The van der Waals surface area contributed by atoms with Crippen LogP contribution in [0.4, 0.5) is 0 Å². The van der Waals surface area contributed by atoms with Crippen molar-refractivity contribution in [3.05, 3.63) is 171 Å². The molecule has 17 nitrogen and oxygen atoms in total. The predicted molar refractivity (Wildman–Crippen MR) is 318 cm³/mol. The van der Waals surface area contributed by atoms with E-state index < -0.39 is 53.6 Å². The minimum Gasteiger partial charge on any atom is -0.489 e. The fraction of sp³-hybridized carbons (Fsp3) is 0.439. The van der Waals surface area contributed by atoms with Crippen LogP contribution in [-0.4, -0.2) is 114 Å². The summed E-state index contributed by atoms with van der Waals surface area (Å²) in [5, 5.41) is 21.5. The number of ether oxygens (including phenoxy) is 1. The summed E-state index contributed by atoms with van der Waals surface area (Å²) in [7, 11) is 3.35. The lowest BCUT2D eigenvalue weighted by Crippen LogP contribution is -2.59. The van der Waals surface area contributed by atoms with E-state index in [1.165, 1.54) is 16.0 Å². The van der Waals surface area contributed by atoms with Crippen LogP contribution in [-0.2, 0) is 67.6 Å². The summed E-state index contributed by atoms with van der Waals surface area (Å²) < 4.78 is 6.20. The highest BCUT2D eigenvalue weighted by molar-refractivity contribution is 5.97. The van der Waals surface area contributed by atoms with E-state index in [1.807, 2.05) is 99.6 Å². The standard InChI is InChI=1S/C66H81N9O8/c1-40(67-6)59(76)72-55(64(81)74-37-48-19-9-8-18-47(48)35-56(74)62(79)70-53-24-14-20-44-16-10-12-22-51(44)53)34-42-28-32-50(33-29-42)83-39-43-26-30-46(31-27-43)61(78)69-49-36-57(63(80)71-54-25-15-21-45-17-11-13-23-52(45)54)75(38-49)65(82)58(66(3,4)5)73-60(77)41(2)68-7/h8-13,16-19,22-23,26-33,40-41,49,53-58,67-68H,14-15,20-21,24-25,34-39H2,1-7H3,(H,69,78)(H,70,79)(H,71,80)(H,72,76)(H,73,77)/t40-,41-,49-,53?,54+,55-,56-,57-,58+/m0/s1. The van der Waals surface area contributed by atoms with Gasteiger partial charge in [-0.1, -0.05) is 118 Å². The van der Waals surface area contributed by atoms with Gasteiger partial charge in [-0.15, -0.1) is 0 Å². The fourth-order valence-corrected chi connectivity index (χ4v) is 12.0. The molecule has 7 N–H and O–H groups in total. The van der Waals surface area contributed by atoms with E-state index in [1.54, 1.807) is 57.1 Å². The van der Waals surface area contributed by atoms with Crippen molar-refractivity contribution in [3.63, 3.8) is 0 Å². The molecule has 9 rings (SSSR count). The first-order valence-corrected chi connectivity index (χ1v) is 29.4. The third-order valence-corrected chi connectivity index (χ3v) is 17.1. The number of aryl methyl sites for hydroxylation is 2. The topological polar surface area (TPSA) is 219 Å². The molecule has 2 aliphatic carbocycles. The van der Waals surface area contributed by atoms with Gasteiger partial charge in [0.25, 0.3) is 5.91 Å². The Labute approximate surface area is 487 Å². The maximum Gasteiger partial charge on any atom is 0.251 e. The Bertz CT molecular complexity index is 3160. The number of benzene rings is 5. The zero-order valence-corrected chi connectivity index (χ0v) is 48.9. The van der Waals surface area contributed by atoms with Crippen molar-refractivity contribution in [2.24, 2.45) is 5.41 Å². The Balaban J connectivity index is 0.844. The van der Waals surface area contributed by atoms with Gasteiger partial charge in [0, 0.05) is 37.5 Å². The molecule has 438 valence electrons. The minimum atomic E-state index is -0.981. The highest BCUT2D eigenvalue weighted by Gasteiger charge is 2.46. The van der Waals surface area contributed by atoms with Crippen molar-refractivity contribution in [1.29, 1.82) is 0 Å². The molecule has 1 saturated heterocycles. The van der Waals surface area contributed by atoms with E-state index in [2.05, 4.69) is 55.4 Å². The third kappa shape index (κ3) is 14.3. The van der Waals surface area contributed by atoms with Crippen LogP contribution in [0.3, 0.4) is 0 Å². The summed E-state index contributed by atoms with van der Waals surface area (Å²) in [6, 6.07) is 32.8. The number of likely N-dealkylation sites (N-methyl/N-ethyl adjacent to an activating group) is 2. The minimum absolute atomic E-state index is 0.0724. The molecule has 5 aromatic rings. The molecule has 83 heavy (non-hydrogen) atoms. The van der Waals surface area contributed by atoms with Gasteiger partial charge in [0.2, 0.25) is 35.4 Å². The summed E-state index contributed by atoms with van der Waals surface area (Å²) in [5.41, 5.74) is 7.82. The predicted octanol–water partition coefficient (Wildman–Crippen LogP) is 6.08. The molecule has 9 atom stereocenters. The number of carbonyl (C=O) groups is 7. The number of hydrogen-bond acceptors (Lipinski definition) is 10. The van der Waals surface area contributed by atoms with E-state index in [0.717, 1.165) is 71.9 Å². The van der Waals surface area contributed by atoms with Crippen LogP contribution in [0, 0.1) is 5.41 Å². The molecular formula is C66H81N9O8. The lowest BCUT2D eigenvalue weighted by atomic mass is 9.85. The van der Waals surface area contributed by atoms with E-state index in [-0.39, 0.29) is 80.1 Å². The van der Waals surface area contributed by atoms with Crippen molar-refractivity contribution >= 4 is 41.4 Å².